The predicted molar refractivity (Wildman–Crippen MR) is 75.3 cm³/mol. The van der Waals surface area contributed by atoms with Crippen LogP contribution in [-0.4, -0.2) is 17.2 Å². The van der Waals surface area contributed by atoms with E-state index in [1.807, 2.05) is 31.2 Å². The first-order valence-corrected chi connectivity index (χ1v) is 6.66. The van der Waals surface area contributed by atoms with Gasteiger partial charge in [0.2, 0.25) is 0 Å². The van der Waals surface area contributed by atoms with Crippen molar-refractivity contribution in [1.82, 2.24) is 0 Å². The van der Waals surface area contributed by atoms with Crippen LogP contribution < -0.4 is 11.5 Å². The number of phenolic OH excluding ortho intramolecular Hbond substituents is 1. The van der Waals surface area contributed by atoms with Crippen molar-refractivity contribution >= 4 is 6.08 Å². The lowest BCUT2D eigenvalue weighted by molar-refractivity contribution is 0.461. The van der Waals surface area contributed by atoms with Crippen LogP contribution >= 0.6 is 0 Å². The quantitative estimate of drug-likeness (QED) is 0.749. The van der Waals surface area contributed by atoms with E-state index in [-0.39, 0.29) is 12.1 Å². The van der Waals surface area contributed by atoms with Crippen molar-refractivity contribution in [3.8, 4) is 5.75 Å². The van der Waals surface area contributed by atoms with Crippen LogP contribution in [0.1, 0.15) is 37.3 Å². The average molecular weight is 246 g/mol. The third kappa shape index (κ3) is 2.57. The first kappa shape index (κ1) is 13.1. The summed E-state index contributed by atoms with van der Waals surface area (Å²) in [5.41, 5.74) is 15.1. The summed E-state index contributed by atoms with van der Waals surface area (Å²) in [5, 5.41) is 10.2. The van der Waals surface area contributed by atoms with E-state index in [1.165, 1.54) is 0 Å². The van der Waals surface area contributed by atoms with Gasteiger partial charge in [-0.25, -0.2) is 0 Å². The van der Waals surface area contributed by atoms with E-state index in [2.05, 4.69) is 0 Å². The summed E-state index contributed by atoms with van der Waals surface area (Å²) in [6.07, 6.45) is 5.88. The fraction of sp³-hybridized carbons (Fsp3) is 0.467. The number of para-hydroxylation sites is 1. The fourth-order valence-corrected chi connectivity index (χ4v) is 2.54. The molecular formula is C15H22N2O. The summed E-state index contributed by atoms with van der Waals surface area (Å²) >= 11 is 0. The second-order valence-corrected chi connectivity index (χ2v) is 5.01. The Morgan fingerprint density at radius 3 is 2.89 bits per heavy atom. The Labute approximate surface area is 108 Å². The average Bonchev–Trinajstić information content (AvgIpc) is 2.37. The van der Waals surface area contributed by atoms with Gasteiger partial charge in [-0.3, -0.25) is 0 Å². The Kier molecular flexibility index (Phi) is 4.04. The van der Waals surface area contributed by atoms with Crippen LogP contribution in [0.4, 0.5) is 0 Å². The van der Waals surface area contributed by atoms with Crippen LogP contribution in [0.3, 0.4) is 0 Å². The molecule has 2 rings (SSSR count). The van der Waals surface area contributed by atoms with Gasteiger partial charge < -0.3 is 16.6 Å². The summed E-state index contributed by atoms with van der Waals surface area (Å²) in [7, 11) is 0. The lowest BCUT2D eigenvalue weighted by Crippen LogP contribution is -2.45. The molecule has 2 atom stereocenters. The standard InChI is InChI=1S/C15H22N2O/c1-2-10-5-3-7-12(15(10)18)9-11-6-4-8-13(16)14(11)17/h3,5,7,9,13-14,18H,2,4,6,8,16-17H2,1H3. The summed E-state index contributed by atoms with van der Waals surface area (Å²) in [4.78, 5) is 0. The van der Waals surface area contributed by atoms with Gasteiger partial charge in [0.1, 0.15) is 5.75 Å². The normalized spacial score (nSPS) is 26.5. The van der Waals surface area contributed by atoms with E-state index >= 15 is 0 Å². The molecule has 2 unspecified atom stereocenters. The van der Waals surface area contributed by atoms with Crippen molar-refractivity contribution in [2.45, 2.75) is 44.7 Å². The SMILES string of the molecule is CCc1cccc(C=C2CCCC(N)C2N)c1O. The lowest BCUT2D eigenvalue weighted by Gasteiger charge is -2.28. The van der Waals surface area contributed by atoms with Crippen molar-refractivity contribution in [2.24, 2.45) is 11.5 Å². The molecule has 0 aliphatic heterocycles. The first-order chi connectivity index (χ1) is 8.63. The molecule has 5 N–H and O–H groups in total. The second-order valence-electron chi connectivity index (χ2n) is 5.01. The molecule has 0 heterocycles. The number of hydrogen-bond acceptors (Lipinski definition) is 3. The minimum atomic E-state index is -0.0802. The molecule has 98 valence electrons. The summed E-state index contributed by atoms with van der Waals surface area (Å²) in [6.45, 7) is 2.04. The van der Waals surface area contributed by atoms with E-state index in [0.717, 1.165) is 42.4 Å². The Hall–Kier alpha value is -1.32. The number of phenols is 1. The maximum absolute atomic E-state index is 10.2. The van der Waals surface area contributed by atoms with Gasteiger partial charge in [0, 0.05) is 17.6 Å². The summed E-state index contributed by atoms with van der Waals surface area (Å²) < 4.78 is 0. The van der Waals surface area contributed by atoms with Crippen LogP contribution in [0.5, 0.6) is 5.75 Å². The smallest absolute Gasteiger partial charge is 0.125 e. The zero-order valence-electron chi connectivity index (χ0n) is 10.9. The van der Waals surface area contributed by atoms with Crippen molar-refractivity contribution in [3.05, 3.63) is 34.9 Å². The molecule has 0 spiro atoms. The van der Waals surface area contributed by atoms with Gasteiger partial charge in [-0.15, -0.1) is 0 Å². The summed E-state index contributed by atoms with van der Waals surface area (Å²) in [5.74, 6) is 0.374. The molecule has 3 heteroatoms. The molecule has 1 aliphatic carbocycles. The monoisotopic (exact) mass is 246 g/mol. The van der Waals surface area contributed by atoms with Gasteiger partial charge in [0.15, 0.2) is 0 Å². The molecule has 0 amide bonds. The van der Waals surface area contributed by atoms with Gasteiger partial charge in [-0.1, -0.05) is 36.8 Å². The molecule has 0 aromatic heterocycles. The van der Waals surface area contributed by atoms with Crippen molar-refractivity contribution in [2.75, 3.05) is 0 Å². The maximum Gasteiger partial charge on any atom is 0.125 e. The molecule has 1 aromatic carbocycles. The number of benzene rings is 1. The molecular weight excluding hydrogens is 224 g/mol. The second kappa shape index (κ2) is 5.55. The molecule has 1 saturated carbocycles. The van der Waals surface area contributed by atoms with E-state index in [1.54, 1.807) is 0 Å². The minimum absolute atomic E-state index is 0.0431. The van der Waals surface area contributed by atoms with Crippen LogP contribution in [-0.2, 0) is 6.42 Å². The highest BCUT2D eigenvalue weighted by Crippen LogP contribution is 2.29. The third-order valence-electron chi connectivity index (χ3n) is 3.76. The molecule has 1 fully saturated rings. The van der Waals surface area contributed by atoms with Crippen LogP contribution in [0.15, 0.2) is 23.8 Å². The Morgan fingerprint density at radius 2 is 2.17 bits per heavy atom. The number of aryl methyl sites for hydroxylation is 1. The molecule has 1 aromatic rings. The number of rotatable bonds is 2. The number of aromatic hydroxyl groups is 1. The Bertz CT molecular complexity index is 454. The molecule has 0 bridgehead atoms. The molecule has 3 nitrogen and oxygen atoms in total. The largest absolute Gasteiger partial charge is 0.507 e. The number of hydrogen-bond donors (Lipinski definition) is 3. The topological polar surface area (TPSA) is 72.3 Å². The van der Waals surface area contributed by atoms with Crippen LogP contribution in [0.2, 0.25) is 0 Å². The van der Waals surface area contributed by atoms with Crippen LogP contribution in [0.25, 0.3) is 6.08 Å². The van der Waals surface area contributed by atoms with E-state index in [9.17, 15) is 5.11 Å². The predicted octanol–water partition coefficient (Wildman–Crippen LogP) is 2.18. The minimum Gasteiger partial charge on any atom is -0.507 e. The molecule has 0 radical (unpaired) electrons. The van der Waals surface area contributed by atoms with Crippen LogP contribution in [0, 0.1) is 0 Å². The van der Waals surface area contributed by atoms with Crippen molar-refractivity contribution < 1.29 is 5.11 Å². The Morgan fingerprint density at radius 1 is 1.39 bits per heavy atom. The third-order valence-corrected chi connectivity index (χ3v) is 3.76. The molecule has 18 heavy (non-hydrogen) atoms. The number of nitrogens with two attached hydrogens (primary N) is 2. The van der Waals surface area contributed by atoms with E-state index < -0.39 is 0 Å². The van der Waals surface area contributed by atoms with Gasteiger partial charge in [-0.05, 0) is 31.2 Å². The summed E-state index contributed by atoms with van der Waals surface area (Å²) in [6, 6.07) is 5.81. The zero-order chi connectivity index (χ0) is 13.1. The van der Waals surface area contributed by atoms with Gasteiger partial charge in [0.25, 0.3) is 0 Å². The van der Waals surface area contributed by atoms with Crippen molar-refractivity contribution in [3.63, 3.8) is 0 Å². The highest BCUT2D eigenvalue weighted by Gasteiger charge is 2.22. The zero-order valence-corrected chi connectivity index (χ0v) is 10.9. The van der Waals surface area contributed by atoms with Gasteiger partial charge in [0.05, 0.1) is 0 Å². The van der Waals surface area contributed by atoms with Gasteiger partial charge >= 0.3 is 0 Å². The Balaban J connectivity index is 2.32. The molecule has 0 saturated heterocycles. The van der Waals surface area contributed by atoms with E-state index in [0.29, 0.717) is 5.75 Å². The molecule has 1 aliphatic rings. The fourth-order valence-electron chi connectivity index (χ4n) is 2.54. The lowest BCUT2D eigenvalue weighted by atomic mass is 9.85. The maximum atomic E-state index is 10.2. The van der Waals surface area contributed by atoms with Crippen molar-refractivity contribution in [1.29, 1.82) is 0 Å². The highest BCUT2D eigenvalue weighted by atomic mass is 16.3. The highest BCUT2D eigenvalue weighted by molar-refractivity contribution is 5.62. The van der Waals surface area contributed by atoms with E-state index in [4.69, 9.17) is 11.5 Å². The first-order valence-electron chi connectivity index (χ1n) is 6.66. The van der Waals surface area contributed by atoms with Gasteiger partial charge in [-0.2, -0.15) is 0 Å².